The van der Waals surface area contributed by atoms with Gasteiger partial charge >= 0.3 is 0 Å². The Morgan fingerprint density at radius 2 is 2.18 bits per heavy atom. The Morgan fingerprint density at radius 3 is 2.82 bits per heavy atom. The summed E-state index contributed by atoms with van der Waals surface area (Å²) in [6, 6.07) is 1.07. The topological polar surface area (TPSA) is 52.6 Å². The van der Waals surface area contributed by atoms with Crippen molar-refractivity contribution in [2.75, 3.05) is 13.2 Å². The fourth-order valence-corrected chi connectivity index (χ4v) is 3.79. The summed E-state index contributed by atoms with van der Waals surface area (Å²) in [5.41, 5.74) is 0. The SMILES string of the molecule is O=C(C1CC2CCC1N2)N1CCCCC1CO. The zero-order valence-corrected chi connectivity index (χ0v) is 10.3. The van der Waals surface area contributed by atoms with Gasteiger partial charge in [-0.15, -0.1) is 0 Å². The minimum Gasteiger partial charge on any atom is -0.394 e. The lowest BCUT2D eigenvalue weighted by Crippen LogP contribution is -2.50. The number of hydrogen-bond acceptors (Lipinski definition) is 3. The molecule has 3 aliphatic rings. The zero-order chi connectivity index (χ0) is 11.8. The summed E-state index contributed by atoms with van der Waals surface area (Å²) in [6.07, 6.45) is 6.60. The number of fused-ring (bicyclic) bond motifs is 2. The summed E-state index contributed by atoms with van der Waals surface area (Å²) < 4.78 is 0. The molecule has 4 nitrogen and oxygen atoms in total. The second-order valence-corrected chi connectivity index (χ2v) is 5.75. The van der Waals surface area contributed by atoms with Crippen molar-refractivity contribution in [1.82, 2.24) is 10.2 Å². The van der Waals surface area contributed by atoms with E-state index in [-0.39, 0.29) is 18.6 Å². The fraction of sp³-hybridized carbons (Fsp3) is 0.923. The summed E-state index contributed by atoms with van der Waals surface area (Å²) in [5.74, 6) is 0.476. The lowest BCUT2D eigenvalue weighted by molar-refractivity contribution is -0.141. The van der Waals surface area contributed by atoms with E-state index in [1.165, 1.54) is 6.42 Å². The van der Waals surface area contributed by atoms with Crippen molar-refractivity contribution < 1.29 is 9.90 Å². The fourth-order valence-electron chi connectivity index (χ4n) is 3.79. The van der Waals surface area contributed by atoms with Crippen molar-refractivity contribution in [2.24, 2.45) is 5.92 Å². The van der Waals surface area contributed by atoms with E-state index in [0.29, 0.717) is 18.0 Å². The molecule has 3 rings (SSSR count). The van der Waals surface area contributed by atoms with Crippen LogP contribution in [-0.4, -0.2) is 47.2 Å². The summed E-state index contributed by atoms with van der Waals surface area (Å²) in [5, 5.41) is 12.9. The molecule has 0 saturated carbocycles. The van der Waals surface area contributed by atoms with E-state index in [0.717, 1.165) is 38.6 Å². The molecule has 0 aromatic carbocycles. The third kappa shape index (κ3) is 1.97. The third-order valence-electron chi connectivity index (χ3n) is 4.74. The van der Waals surface area contributed by atoms with E-state index in [1.807, 2.05) is 4.90 Å². The van der Waals surface area contributed by atoms with Gasteiger partial charge in [-0.25, -0.2) is 0 Å². The number of hydrogen-bond donors (Lipinski definition) is 2. The van der Waals surface area contributed by atoms with E-state index in [9.17, 15) is 9.90 Å². The van der Waals surface area contributed by atoms with E-state index >= 15 is 0 Å². The number of aliphatic hydroxyl groups excluding tert-OH is 1. The molecule has 2 bridgehead atoms. The lowest BCUT2D eigenvalue weighted by Gasteiger charge is -2.37. The normalized spacial score (nSPS) is 40.9. The van der Waals surface area contributed by atoms with Crippen LogP contribution >= 0.6 is 0 Å². The number of amides is 1. The van der Waals surface area contributed by atoms with Crippen LogP contribution in [0.15, 0.2) is 0 Å². The largest absolute Gasteiger partial charge is 0.394 e. The first-order chi connectivity index (χ1) is 8.29. The van der Waals surface area contributed by atoms with Gasteiger partial charge in [-0.1, -0.05) is 0 Å². The van der Waals surface area contributed by atoms with Gasteiger partial charge in [0.2, 0.25) is 5.91 Å². The first-order valence-electron chi connectivity index (χ1n) is 6.97. The highest BCUT2D eigenvalue weighted by atomic mass is 16.3. The van der Waals surface area contributed by atoms with Crippen molar-refractivity contribution >= 4 is 5.91 Å². The van der Waals surface area contributed by atoms with Crippen molar-refractivity contribution in [3.63, 3.8) is 0 Å². The molecular formula is C13H22N2O2. The summed E-state index contributed by atoms with van der Waals surface area (Å²) in [6.45, 7) is 0.970. The molecule has 3 saturated heterocycles. The zero-order valence-electron chi connectivity index (χ0n) is 10.3. The molecule has 0 aliphatic carbocycles. The molecule has 4 unspecified atom stereocenters. The van der Waals surface area contributed by atoms with Gasteiger partial charge in [0.25, 0.3) is 0 Å². The highest BCUT2D eigenvalue weighted by Gasteiger charge is 2.45. The maximum absolute atomic E-state index is 12.5. The number of carbonyl (C=O) groups is 1. The van der Waals surface area contributed by atoms with Crippen LogP contribution in [0.5, 0.6) is 0 Å². The number of rotatable bonds is 2. The molecule has 96 valence electrons. The Balaban J connectivity index is 1.68. The molecule has 1 amide bonds. The second kappa shape index (κ2) is 4.58. The van der Waals surface area contributed by atoms with Gasteiger partial charge in [0.05, 0.1) is 18.6 Å². The first-order valence-corrected chi connectivity index (χ1v) is 6.97. The van der Waals surface area contributed by atoms with Crippen LogP contribution in [0.1, 0.15) is 38.5 Å². The minimum atomic E-state index is 0.0791. The molecule has 2 N–H and O–H groups in total. The van der Waals surface area contributed by atoms with Gasteiger partial charge < -0.3 is 15.3 Å². The molecule has 4 heteroatoms. The number of nitrogens with zero attached hydrogens (tertiary/aromatic N) is 1. The highest BCUT2D eigenvalue weighted by molar-refractivity contribution is 5.80. The third-order valence-corrected chi connectivity index (χ3v) is 4.74. The number of aliphatic hydroxyl groups is 1. The molecule has 0 radical (unpaired) electrons. The van der Waals surface area contributed by atoms with Crippen LogP contribution in [0.4, 0.5) is 0 Å². The molecule has 3 heterocycles. The molecule has 0 aromatic heterocycles. The van der Waals surface area contributed by atoms with Crippen molar-refractivity contribution in [1.29, 1.82) is 0 Å². The molecule has 4 atom stereocenters. The van der Waals surface area contributed by atoms with Gasteiger partial charge in [-0.3, -0.25) is 4.79 Å². The standard InChI is InChI=1S/C13H22N2O2/c16-8-10-3-1-2-6-15(10)13(17)11-7-9-4-5-12(11)14-9/h9-12,14,16H,1-8H2. The van der Waals surface area contributed by atoms with Crippen LogP contribution in [0.2, 0.25) is 0 Å². The molecule has 0 spiro atoms. The Bertz CT molecular complexity index is 308. The maximum Gasteiger partial charge on any atom is 0.227 e. The average molecular weight is 238 g/mol. The Hall–Kier alpha value is -0.610. The van der Waals surface area contributed by atoms with Crippen LogP contribution in [-0.2, 0) is 4.79 Å². The first kappa shape index (κ1) is 11.5. The van der Waals surface area contributed by atoms with Gasteiger partial charge in [-0.2, -0.15) is 0 Å². The second-order valence-electron chi connectivity index (χ2n) is 5.75. The van der Waals surface area contributed by atoms with Crippen molar-refractivity contribution in [2.45, 2.75) is 56.7 Å². The summed E-state index contributed by atoms with van der Waals surface area (Å²) in [7, 11) is 0. The van der Waals surface area contributed by atoms with Gasteiger partial charge in [0.1, 0.15) is 0 Å². The maximum atomic E-state index is 12.5. The average Bonchev–Trinajstić information content (AvgIpc) is 3.00. The van der Waals surface area contributed by atoms with E-state index in [1.54, 1.807) is 0 Å². The monoisotopic (exact) mass is 238 g/mol. The van der Waals surface area contributed by atoms with Crippen LogP contribution in [0, 0.1) is 5.92 Å². The van der Waals surface area contributed by atoms with Crippen molar-refractivity contribution in [3.05, 3.63) is 0 Å². The summed E-state index contributed by atoms with van der Waals surface area (Å²) >= 11 is 0. The number of carbonyl (C=O) groups excluding carboxylic acids is 1. The van der Waals surface area contributed by atoms with Crippen LogP contribution in [0.3, 0.4) is 0 Å². The van der Waals surface area contributed by atoms with Gasteiger partial charge in [0, 0.05) is 18.6 Å². The van der Waals surface area contributed by atoms with E-state index in [2.05, 4.69) is 5.32 Å². The predicted molar refractivity (Wildman–Crippen MR) is 64.5 cm³/mol. The number of piperidine rings is 1. The lowest BCUT2D eigenvalue weighted by atomic mass is 9.87. The molecule has 0 aromatic rings. The van der Waals surface area contributed by atoms with Crippen molar-refractivity contribution in [3.8, 4) is 0 Å². The Kier molecular flexibility index (Phi) is 3.09. The Labute approximate surface area is 102 Å². The van der Waals surface area contributed by atoms with Gasteiger partial charge in [0.15, 0.2) is 0 Å². The van der Waals surface area contributed by atoms with E-state index < -0.39 is 0 Å². The highest BCUT2D eigenvalue weighted by Crippen LogP contribution is 2.35. The Morgan fingerprint density at radius 1 is 1.29 bits per heavy atom. The smallest absolute Gasteiger partial charge is 0.227 e. The summed E-state index contributed by atoms with van der Waals surface area (Å²) in [4.78, 5) is 14.5. The molecule has 3 fully saturated rings. The van der Waals surface area contributed by atoms with Crippen LogP contribution < -0.4 is 5.32 Å². The molecule has 17 heavy (non-hydrogen) atoms. The van der Waals surface area contributed by atoms with Gasteiger partial charge in [-0.05, 0) is 38.5 Å². The number of nitrogens with one attached hydrogen (secondary N) is 1. The number of likely N-dealkylation sites (tertiary alicyclic amines) is 1. The predicted octanol–water partition coefficient (Wildman–Crippen LogP) is 0.500. The quantitative estimate of drug-likeness (QED) is 0.736. The molecule has 3 aliphatic heterocycles. The van der Waals surface area contributed by atoms with Crippen LogP contribution in [0.25, 0.3) is 0 Å². The van der Waals surface area contributed by atoms with E-state index in [4.69, 9.17) is 0 Å². The minimum absolute atomic E-state index is 0.0791. The molecular weight excluding hydrogens is 216 g/mol.